The molecule has 0 radical (unpaired) electrons. The number of hydrogen-bond acceptors (Lipinski definition) is 4. The lowest BCUT2D eigenvalue weighted by Gasteiger charge is -2.07. The van der Waals surface area contributed by atoms with E-state index in [-0.39, 0.29) is 11.3 Å². The van der Waals surface area contributed by atoms with Crippen molar-refractivity contribution in [1.29, 1.82) is 5.26 Å². The second-order valence-electron chi connectivity index (χ2n) is 5.56. The van der Waals surface area contributed by atoms with Crippen LogP contribution in [0.4, 0.5) is 10.1 Å². The number of pyridine rings is 1. The van der Waals surface area contributed by atoms with Crippen LogP contribution in [-0.2, 0) is 0 Å². The van der Waals surface area contributed by atoms with E-state index in [1.807, 2.05) is 12.1 Å². The summed E-state index contributed by atoms with van der Waals surface area (Å²) in [6.07, 6.45) is 0. The molecular formula is C19H10FN3O2S. The smallest absolute Gasteiger partial charge is 0.280 e. The Balaban J connectivity index is 1.88. The Labute approximate surface area is 150 Å². The summed E-state index contributed by atoms with van der Waals surface area (Å²) in [7, 11) is 0. The van der Waals surface area contributed by atoms with E-state index in [9.17, 15) is 19.2 Å². The molecule has 4 rings (SSSR count). The van der Waals surface area contributed by atoms with Crippen molar-refractivity contribution < 1.29 is 9.18 Å². The van der Waals surface area contributed by atoms with Crippen molar-refractivity contribution in [3.8, 4) is 6.07 Å². The van der Waals surface area contributed by atoms with E-state index in [4.69, 9.17) is 0 Å². The second kappa shape index (κ2) is 6.10. The Morgan fingerprint density at radius 1 is 1.15 bits per heavy atom. The van der Waals surface area contributed by atoms with Crippen molar-refractivity contribution in [1.82, 2.24) is 4.40 Å². The van der Waals surface area contributed by atoms with Crippen LogP contribution in [0.5, 0.6) is 0 Å². The quantitative estimate of drug-likeness (QED) is 0.589. The summed E-state index contributed by atoms with van der Waals surface area (Å²) < 4.78 is 15.3. The number of para-hydroxylation sites is 1. The van der Waals surface area contributed by atoms with Crippen LogP contribution in [0.2, 0.25) is 0 Å². The number of nitriles is 1. The number of halogens is 1. The normalized spacial score (nSPS) is 10.8. The van der Waals surface area contributed by atoms with E-state index < -0.39 is 17.3 Å². The molecule has 0 aliphatic heterocycles. The van der Waals surface area contributed by atoms with Gasteiger partial charge in [0.2, 0.25) is 0 Å². The highest BCUT2D eigenvalue weighted by Gasteiger charge is 2.16. The number of fused-ring (bicyclic) bond motifs is 3. The zero-order valence-electron chi connectivity index (χ0n) is 13.2. The highest BCUT2D eigenvalue weighted by Crippen LogP contribution is 2.28. The summed E-state index contributed by atoms with van der Waals surface area (Å²) in [5.41, 5.74) is 0.750. The van der Waals surface area contributed by atoms with Gasteiger partial charge in [-0.05, 0) is 42.5 Å². The van der Waals surface area contributed by atoms with Crippen LogP contribution in [0.1, 0.15) is 15.9 Å². The van der Waals surface area contributed by atoms with Crippen LogP contribution < -0.4 is 10.9 Å². The van der Waals surface area contributed by atoms with Gasteiger partial charge in [0, 0.05) is 5.56 Å². The van der Waals surface area contributed by atoms with Gasteiger partial charge in [-0.2, -0.15) is 5.26 Å². The van der Waals surface area contributed by atoms with Crippen molar-refractivity contribution >= 4 is 38.0 Å². The Kier molecular flexibility index (Phi) is 3.75. The van der Waals surface area contributed by atoms with E-state index in [0.29, 0.717) is 15.9 Å². The summed E-state index contributed by atoms with van der Waals surface area (Å²) >= 11 is 1.34. The molecule has 0 fully saturated rings. The van der Waals surface area contributed by atoms with Crippen LogP contribution in [-0.4, -0.2) is 10.3 Å². The van der Waals surface area contributed by atoms with Crippen LogP contribution in [0.3, 0.4) is 0 Å². The minimum atomic E-state index is -0.550. The third kappa shape index (κ3) is 2.53. The molecule has 2 heterocycles. The number of nitrogens with one attached hydrogen (secondary N) is 1. The molecule has 0 saturated carbocycles. The minimum absolute atomic E-state index is 0.00284. The third-order valence-electron chi connectivity index (χ3n) is 3.94. The van der Waals surface area contributed by atoms with Crippen LogP contribution in [0.25, 0.3) is 15.0 Å². The van der Waals surface area contributed by atoms with Crippen molar-refractivity contribution in [2.24, 2.45) is 0 Å². The maximum atomic E-state index is 13.0. The largest absolute Gasteiger partial charge is 0.317 e. The average molecular weight is 363 g/mol. The molecule has 126 valence electrons. The molecule has 7 heteroatoms. The molecule has 0 aliphatic rings. The van der Waals surface area contributed by atoms with Gasteiger partial charge in [-0.1, -0.05) is 12.1 Å². The Bertz CT molecular complexity index is 1270. The first-order valence-electron chi connectivity index (χ1n) is 7.63. The number of benzene rings is 2. The number of nitrogens with zero attached hydrogens (tertiary/aromatic N) is 2. The number of carbonyl (C=O) groups excluding carboxylic acids is 1. The van der Waals surface area contributed by atoms with Crippen LogP contribution in [0, 0.1) is 17.1 Å². The molecule has 5 nitrogen and oxygen atoms in total. The van der Waals surface area contributed by atoms with Gasteiger partial charge in [-0.3, -0.25) is 14.0 Å². The molecule has 0 saturated heterocycles. The van der Waals surface area contributed by atoms with E-state index >= 15 is 0 Å². The average Bonchev–Trinajstić information content (AvgIpc) is 3.04. The molecule has 1 amide bonds. The molecule has 0 spiro atoms. The second-order valence-corrected chi connectivity index (χ2v) is 6.59. The monoisotopic (exact) mass is 363 g/mol. The predicted octanol–water partition coefficient (Wildman–Crippen LogP) is 3.78. The van der Waals surface area contributed by atoms with Crippen molar-refractivity contribution in [3.05, 3.63) is 81.9 Å². The first kappa shape index (κ1) is 16.0. The molecule has 4 aromatic rings. The number of hydrogen-bond donors (Lipinski definition) is 1. The molecule has 0 atom stereocenters. The van der Waals surface area contributed by atoms with E-state index in [1.165, 1.54) is 33.9 Å². The summed E-state index contributed by atoms with van der Waals surface area (Å²) in [6.45, 7) is 0. The van der Waals surface area contributed by atoms with Crippen molar-refractivity contribution in [2.75, 3.05) is 5.32 Å². The van der Waals surface area contributed by atoms with Gasteiger partial charge < -0.3 is 5.32 Å². The zero-order valence-corrected chi connectivity index (χ0v) is 14.0. The molecule has 2 aromatic heterocycles. The number of rotatable bonds is 2. The predicted molar refractivity (Wildman–Crippen MR) is 98.1 cm³/mol. The molecule has 26 heavy (non-hydrogen) atoms. The molecule has 2 aromatic carbocycles. The van der Waals surface area contributed by atoms with Crippen molar-refractivity contribution in [2.45, 2.75) is 0 Å². The first-order chi connectivity index (χ1) is 12.6. The van der Waals surface area contributed by atoms with Gasteiger partial charge in [0.25, 0.3) is 11.5 Å². The van der Waals surface area contributed by atoms with E-state index in [0.717, 1.165) is 16.8 Å². The fraction of sp³-hybridized carbons (Fsp3) is 0. The fourth-order valence-corrected chi connectivity index (χ4v) is 3.82. The molecule has 1 N–H and O–H groups in total. The summed E-state index contributed by atoms with van der Waals surface area (Å²) in [5.74, 6) is -1.01. The number of amides is 1. The maximum Gasteiger partial charge on any atom is 0.280 e. The zero-order chi connectivity index (χ0) is 18.3. The van der Waals surface area contributed by atoms with Gasteiger partial charge in [0.15, 0.2) is 0 Å². The Hall–Kier alpha value is -3.50. The number of aromatic nitrogens is 1. The lowest BCUT2D eigenvalue weighted by molar-refractivity contribution is 0.102. The maximum absolute atomic E-state index is 13.0. The summed E-state index contributed by atoms with van der Waals surface area (Å²) in [5, 5.41) is 12.0. The number of thiazole rings is 1. The van der Waals surface area contributed by atoms with Gasteiger partial charge in [-0.15, -0.1) is 11.3 Å². The highest BCUT2D eigenvalue weighted by atomic mass is 32.1. The summed E-state index contributed by atoms with van der Waals surface area (Å²) in [6, 6.07) is 15.7. The van der Waals surface area contributed by atoms with Gasteiger partial charge >= 0.3 is 0 Å². The van der Waals surface area contributed by atoms with E-state index in [2.05, 4.69) is 11.4 Å². The van der Waals surface area contributed by atoms with Gasteiger partial charge in [0.05, 0.1) is 15.8 Å². The Morgan fingerprint density at radius 3 is 2.62 bits per heavy atom. The van der Waals surface area contributed by atoms with Gasteiger partial charge in [0.1, 0.15) is 22.4 Å². The van der Waals surface area contributed by atoms with Crippen molar-refractivity contribution in [3.63, 3.8) is 0 Å². The topological polar surface area (TPSA) is 74.4 Å². The molecular weight excluding hydrogens is 353 g/mol. The minimum Gasteiger partial charge on any atom is -0.317 e. The summed E-state index contributed by atoms with van der Waals surface area (Å²) in [4.78, 5) is 25.8. The Morgan fingerprint density at radius 2 is 1.88 bits per heavy atom. The van der Waals surface area contributed by atoms with Gasteiger partial charge in [-0.25, -0.2) is 4.39 Å². The lowest BCUT2D eigenvalue weighted by atomic mass is 10.2. The number of anilines is 1. The fourth-order valence-electron chi connectivity index (χ4n) is 2.72. The SMILES string of the molecule is N#Cc1cc(NC(=O)c2ccc(F)cc2)c(=O)n2c1sc1ccccc12. The molecule has 0 aliphatic carbocycles. The molecule has 0 bridgehead atoms. The first-order valence-corrected chi connectivity index (χ1v) is 8.44. The van der Waals surface area contributed by atoms with E-state index in [1.54, 1.807) is 12.1 Å². The standard InChI is InChI=1S/C19H10FN3O2S/c20-13-7-5-11(6-8-13)17(24)22-14-9-12(10-21)19-23(18(14)25)15-3-1-2-4-16(15)26-19/h1-9H,(H,22,24). The van der Waals surface area contributed by atoms with Crippen LogP contribution >= 0.6 is 11.3 Å². The van der Waals surface area contributed by atoms with Crippen LogP contribution in [0.15, 0.2) is 59.4 Å². The highest BCUT2D eigenvalue weighted by molar-refractivity contribution is 7.24. The number of carbonyl (C=O) groups is 1. The molecule has 0 unspecified atom stereocenters. The third-order valence-corrected chi connectivity index (χ3v) is 5.10. The lowest BCUT2D eigenvalue weighted by Crippen LogP contribution is -2.22.